The maximum Gasteiger partial charge on any atom is 0.240 e. The van der Waals surface area contributed by atoms with Gasteiger partial charge in [-0.15, -0.1) is 0 Å². The molecule has 1 aliphatic heterocycles. The number of rotatable bonds is 5. The normalized spacial score (nSPS) is 17.8. The van der Waals surface area contributed by atoms with Crippen LogP contribution in [0.5, 0.6) is 5.75 Å². The van der Waals surface area contributed by atoms with E-state index >= 15 is 0 Å². The molecular weight excluding hydrogens is 314 g/mol. The Morgan fingerprint density at radius 2 is 1.91 bits per heavy atom. The van der Waals surface area contributed by atoms with Crippen LogP contribution >= 0.6 is 0 Å². The zero-order valence-electron chi connectivity index (χ0n) is 14.0. The fourth-order valence-corrected chi connectivity index (χ4v) is 3.50. The van der Waals surface area contributed by atoms with Gasteiger partial charge in [0.05, 0.1) is 7.11 Å². The molecule has 0 aliphatic carbocycles. The zero-order chi connectivity index (χ0) is 17.0. The average Bonchev–Trinajstić information content (AvgIpc) is 2.54. The minimum Gasteiger partial charge on any atom is -0.496 e. The number of likely N-dealkylation sites (tertiary alicyclic amines) is 1. The summed E-state index contributed by atoms with van der Waals surface area (Å²) in [5, 5.41) is -0.951. The first-order valence-electron chi connectivity index (χ1n) is 7.92. The molecule has 1 aromatic carbocycles. The highest BCUT2D eigenvalue weighted by atomic mass is 32.2. The topological polar surface area (TPSA) is 63.7 Å². The Labute approximate surface area is 138 Å². The van der Waals surface area contributed by atoms with Crippen molar-refractivity contribution in [2.75, 3.05) is 26.5 Å². The number of ether oxygens (including phenoxy) is 1. The number of piperidine rings is 1. The molecule has 23 heavy (non-hydrogen) atoms. The van der Waals surface area contributed by atoms with E-state index in [0.717, 1.165) is 31.3 Å². The molecule has 2 rings (SSSR count). The first-order valence-corrected chi connectivity index (χ1v) is 9.88. The maximum absolute atomic E-state index is 12.2. The molecule has 0 unspecified atom stereocenters. The second-order valence-corrected chi connectivity index (χ2v) is 8.62. The van der Waals surface area contributed by atoms with Crippen molar-refractivity contribution in [3.05, 3.63) is 29.8 Å². The van der Waals surface area contributed by atoms with E-state index in [2.05, 4.69) is 6.07 Å². The van der Waals surface area contributed by atoms with Crippen LogP contribution in [0.25, 0.3) is 0 Å². The van der Waals surface area contributed by atoms with Gasteiger partial charge in [-0.1, -0.05) is 18.2 Å². The van der Waals surface area contributed by atoms with Crippen LogP contribution in [0, 0.1) is 5.92 Å². The second kappa shape index (κ2) is 7.34. The molecule has 6 heteroatoms. The first kappa shape index (κ1) is 17.8. The Morgan fingerprint density at radius 1 is 1.30 bits per heavy atom. The second-order valence-electron chi connectivity index (χ2n) is 6.26. The lowest BCUT2D eigenvalue weighted by Crippen LogP contribution is -2.45. The fraction of sp³-hybridized carbons (Fsp3) is 0.588. The smallest absolute Gasteiger partial charge is 0.240 e. The highest BCUT2D eigenvalue weighted by Crippen LogP contribution is 2.27. The van der Waals surface area contributed by atoms with Crippen molar-refractivity contribution >= 4 is 15.7 Å². The zero-order valence-corrected chi connectivity index (χ0v) is 14.8. The quantitative estimate of drug-likeness (QED) is 0.822. The SMILES string of the molecule is COc1ccccc1CC1CCN(C(=O)[C@@H](C)S(C)(=O)=O)CC1. The van der Waals surface area contributed by atoms with Crippen LogP contribution in [0.4, 0.5) is 0 Å². The van der Waals surface area contributed by atoms with Crippen LogP contribution in [0.3, 0.4) is 0 Å². The molecule has 1 aromatic rings. The van der Waals surface area contributed by atoms with Crippen molar-refractivity contribution in [2.24, 2.45) is 5.92 Å². The van der Waals surface area contributed by atoms with Crippen LogP contribution in [-0.4, -0.2) is 50.9 Å². The van der Waals surface area contributed by atoms with Gasteiger partial charge >= 0.3 is 0 Å². The lowest BCUT2D eigenvalue weighted by atomic mass is 9.89. The predicted octanol–water partition coefficient (Wildman–Crippen LogP) is 1.91. The van der Waals surface area contributed by atoms with E-state index in [0.29, 0.717) is 19.0 Å². The van der Waals surface area contributed by atoms with E-state index in [1.54, 1.807) is 12.0 Å². The number of carbonyl (C=O) groups is 1. The number of amides is 1. The van der Waals surface area contributed by atoms with Crippen molar-refractivity contribution in [2.45, 2.75) is 31.4 Å². The van der Waals surface area contributed by atoms with Crippen molar-refractivity contribution in [1.82, 2.24) is 4.90 Å². The van der Waals surface area contributed by atoms with E-state index in [4.69, 9.17) is 4.74 Å². The van der Waals surface area contributed by atoms with Crippen LogP contribution in [0.1, 0.15) is 25.3 Å². The molecule has 1 saturated heterocycles. The Kier molecular flexibility index (Phi) is 5.68. The molecule has 0 bridgehead atoms. The molecule has 1 atom stereocenters. The average molecular weight is 339 g/mol. The van der Waals surface area contributed by atoms with Gasteiger partial charge in [0.25, 0.3) is 0 Å². The minimum absolute atomic E-state index is 0.275. The van der Waals surface area contributed by atoms with Crippen LogP contribution in [0.2, 0.25) is 0 Å². The van der Waals surface area contributed by atoms with E-state index in [1.807, 2.05) is 18.2 Å². The first-order chi connectivity index (χ1) is 10.8. The van der Waals surface area contributed by atoms with Crippen molar-refractivity contribution in [3.63, 3.8) is 0 Å². The predicted molar refractivity (Wildman–Crippen MR) is 90.3 cm³/mol. The minimum atomic E-state index is -3.33. The number of hydrogen-bond donors (Lipinski definition) is 0. The van der Waals surface area contributed by atoms with Gasteiger partial charge in [-0.05, 0) is 43.7 Å². The summed E-state index contributed by atoms with van der Waals surface area (Å²) < 4.78 is 28.4. The van der Waals surface area contributed by atoms with Gasteiger partial charge in [-0.25, -0.2) is 8.42 Å². The summed E-state index contributed by atoms with van der Waals surface area (Å²) in [5.41, 5.74) is 1.18. The molecule has 0 radical (unpaired) electrons. The number of methoxy groups -OCH3 is 1. The van der Waals surface area contributed by atoms with E-state index < -0.39 is 15.1 Å². The van der Waals surface area contributed by atoms with Gasteiger partial charge in [-0.2, -0.15) is 0 Å². The summed E-state index contributed by atoms with van der Waals surface area (Å²) in [6.07, 6.45) is 3.82. The Balaban J connectivity index is 1.93. The van der Waals surface area contributed by atoms with Gasteiger partial charge in [0.1, 0.15) is 11.0 Å². The molecule has 0 saturated carbocycles. The number of para-hydroxylation sites is 1. The summed E-state index contributed by atoms with van der Waals surface area (Å²) in [5.74, 6) is 1.11. The highest BCUT2D eigenvalue weighted by Gasteiger charge is 2.31. The van der Waals surface area contributed by atoms with Crippen molar-refractivity contribution < 1.29 is 17.9 Å². The summed E-state index contributed by atoms with van der Waals surface area (Å²) in [7, 11) is -1.66. The third-order valence-corrected chi connectivity index (χ3v) is 6.10. The van der Waals surface area contributed by atoms with Gasteiger partial charge in [-0.3, -0.25) is 4.79 Å². The lowest BCUT2D eigenvalue weighted by Gasteiger charge is -2.33. The van der Waals surface area contributed by atoms with Crippen LogP contribution < -0.4 is 4.74 Å². The number of nitrogens with zero attached hydrogens (tertiary/aromatic N) is 1. The van der Waals surface area contributed by atoms with E-state index in [9.17, 15) is 13.2 Å². The monoisotopic (exact) mass is 339 g/mol. The van der Waals surface area contributed by atoms with E-state index in [-0.39, 0.29) is 5.91 Å². The fourth-order valence-electron chi connectivity index (χ4n) is 2.98. The molecule has 1 aliphatic rings. The van der Waals surface area contributed by atoms with Crippen molar-refractivity contribution in [1.29, 1.82) is 0 Å². The summed E-state index contributed by atoms with van der Waals surface area (Å²) >= 11 is 0. The van der Waals surface area contributed by atoms with Gasteiger partial charge < -0.3 is 9.64 Å². The maximum atomic E-state index is 12.2. The third kappa shape index (κ3) is 4.47. The highest BCUT2D eigenvalue weighted by molar-refractivity contribution is 7.92. The van der Waals surface area contributed by atoms with Crippen molar-refractivity contribution in [3.8, 4) is 5.75 Å². The number of hydrogen-bond acceptors (Lipinski definition) is 4. The van der Waals surface area contributed by atoms with Gasteiger partial charge in [0.15, 0.2) is 9.84 Å². The van der Waals surface area contributed by atoms with Crippen LogP contribution in [-0.2, 0) is 21.1 Å². The number of carbonyl (C=O) groups excluding carboxylic acids is 1. The largest absolute Gasteiger partial charge is 0.496 e. The molecule has 1 heterocycles. The Bertz CT molecular complexity index is 648. The molecule has 1 fully saturated rings. The molecule has 1 amide bonds. The molecule has 0 N–H and O–H groups in total. The third-order valence-electron chi connectivity index (χ3n) is 4.62. The van der Waals surface area contributed by atoms with Crippen LogP contribution in [0.15, 0.2) is 24.3 Å². The number of benzene rings is 1. The van der Waals surface area contributed by atoms with Gasteiger partial charge in [0.2, 0.25) is 5.91 Å². The Hall–Kier alpha value is -1.56. The van der Waals surface area contributed by atoms with E-state index in [1.165, 1.54) is 12.5 Å². The lowest BCUT2D eigenvalue weighted by molar-refractivity contribution is -0.131. The molecule has 5 nitrogen and oxygen atoms in total. The molecule has 0 spiro atoms. The molecular formula is C17H25NO4S. The number of sulfone groups is 1. The van der Waals surface area contributed by atoms with Gasteiger partial charge in [0, 0.05) is 19.3 Å². The molecule has 128 valence electrons. The Morgan fingerprint density at radius 3 is 2.48 bits per heavy atom. The summed E-state index contributed by atoms with van der Waals surface area (Å²) in [6.45, 7) is 2.72. The standard InChI is InChI=1S/C17H25NO4S/c1-13(23(3,20)21)17(19)18-10-8-14(9-11-18)12-15-6-4-5-7-16(15)22-2/h4-7,13-14H,8-12H2,1-3H3/t13-/m1/s1. The molecule has 0 aromatic heterocycles. The summed E-state index contributed by atoms with van der Waals surface area (Å²) in [6, 6.07) is 7.99. The summed E-state index contributed by atoms with van der Waals surface area (Å²) in [4.78, 5) is 13.9.